The molecule has 5 atom stereocenters. The third-order valence-electron chi connectivity index (χ3n) is 7.45. The number of aliphatic hydroxyl groups excluding tert-OH is 1. The fourth-order valence-electron chi connectivity index (χ4n) is 4.96. The molecule has 17 nitrogen and oxygen atoms in total. The van der Waals surface area contributed by atoms with Gasteiger partial charge < -0.3 is 24.2 Å². The minimum Gasteiger partial charge on any atom is -0.459 e. The number of halogens is 3. The highest BCUT2D eigenvalue weighted by molar-refractivity contribution is 7.88. The molecule has 0 radical (unpaired) electrons. The first-order chi connectivity index (χ1) is 23.7. The molecule has 1 aliphatic heterocycles. The zero-order valence-electron chi connectivity index (χ0n) is 27.5. The van der Waals surface area contributed by atoms with Crippen LogP contribution in [-0.4, -0.2) is 81.0 Å². The molecule has 1 fully saturated rings. The van der Waals surface area contributed by atoms with E-state index < -0.39 is 77.3 Å². The van der Waals surface area contributed by atoms with Crippen LogP contribution in [0.1, 0.15) is 32.6 Å². The zero-order chi connectivity index (χ0) is 37.5. The van der Waals surface area contributed by atoms with Crippen molar-refractivity contribution in [3.8, 4) is 5.75 Å². The molecule has 22 heteroatoms. The zero-order valence-corrected chi connectivity index (χ0v) is 30.0. The molecule has 51 heavy (non-hydrogen) atoms. The maximum atomic E-state index is 14.4. The van der Waals surface area contributed by atoms with Crippen LogP contribution >= 0.6 is 19.3 Å². The minimum atomic E-state index is -4.84. The Hall–Kier alpha value is -3.85. The van der Waals surface area contributed by atoms with Crippen LogP contribution in [0.25, 0.3) is 11.2 Å². The number of rotatable bonds is 13. The van der Waals surface area contributed by atoms with E-state index in [4.69, 9.17) is 30.1 Å². The molecule has 4 aromatic rings. The first kappa shape index (κ1) is 38.4. The topological polar surface area (TPSA) is 217 Å². The van der Waals surface area contributed by atoms with Crippen molar-refractivity contribution in [1.82, 2.24) is 29.4 Å². The van der Waals surface area contributed by atoms with Crippen LogP contribution < -0.4 is 19.5 Å². The highest BCUT2D eigenvalue weighted by Crippen LogP contribution is 2.52. The normalized spacial score (nSPS) is 22.1. The van der Waals surface area contributed by atoms with Crippen LogP contribution in [0.3, 0.4) is 0 Å². The Morgan fingerprint density at radius 1 is 1.18 bits per heavy atom. The van der Waals surface area contributed by atoms with Crippen molar-refractivity contribution in [3.05, 3.63) is 77.3 Å². The Kier molecular flexibility index (Phi) is 10.8. The molecular weight excluding hydrogens is 743 g/mol. The summed E-state index contributed by atoms with van der Waals surface area (Å²) in [5.74, 6) is -3.06. The number of sulfonamides is 1. The van der Waals surface area contributed by atoms with Crippen molar-refractivity contribution in [2.45, 2.75) is 57.1 Å². The number of imidazole rings is 1. The lowest BCUT2D eigenvalue weighted by atomic mass is 9.99. The van der Waals surface area contributed by atoms with Crippen LogP contribution in [0.2, 0.25) is 5.02 Å². The number of ether oxygens (including phenoxy) is 2. The van der Waals surface area contributed by atoms with Crippen molar-refractivity contribution < 1.29 is 55.3 Å². The number of anilines is 1. The Labute approximate surface area is 295 Å². The molecule has 5 rings (SSSR count). The maximum absolute atomic E-state index is 14.4. The van der Waals surface area contributed by atoms with Crippen molar-refractivity contribution in [3.63, 3.8) is 0 Å². The highest BCUT2D eigenvalue weighted by atomic mass is 35.5. The number of aliphatic hydroxyl groups is 2. The van der Waals surface area contributed by atoms with E-state index in [9.17, 15) is 36.8 Å². The van der Waals surface area contributed by atoms with Crippen LogP contribution in [0, 0.1) is 11.6 Å². The number of nitrogens with zero attached hydrogens (tertiary/aromatic N) is 5. The van der Waals surface area contributed by atoms with Crippen molar-refractivity contribution >= 4 is 52.3 Å². The van der Waals surface area contributed by atoms with Crippen LogP contribution in [-0.2, 0) is 40.0 Å². The summed E-state index contributed by atoms with van der Waals surface area (Å²) in [4.78, 5) is 27.9. The Balaban J connectivity index is 1.42. The molecule has 0 aliphatic carbocycles. The number of esters is 1. The van der Waals surface area contributed by atoms with Crippen molar-refractivity contribution in [2.24, 2.45) is 0 Å². The maximum Gasteiger partial charge on any atom is 0.462 e. The number of nitrogens with one attached hydrogen (secondary N) is 2. The predicted octanol–water partition coefficient (Wildman–Crippen LogP) is 2.94. The largest absolute Gasteiger partial charge is 0.462 e. The number of hydrogen-bond acceptors (Lipinski definition) is 14. The van der Waals surface area contributed by atoms with Gasteiger partial charge >= 0.3 is 13.7 Å². The number of benzene rings is 2. The third-order valence-corrected chi connectivity index (χ3v) is 10.1. The molecule has 3 unspecified atom stereocenters. The van der Waals surface area contributed by atoms with E-state index in [1.54, 1.807) is 0 Å². The Bertz CT molecular complexity index is 2070. The molecule has 3 heterocycles. The van der Waals surface area contributed by atoms with Gasteiger partial charge in [0.25, 0.3) is 0 Å². The van der Waals surface area contributed by atoms with Crippen molar-refractivity contribution in [1.29, 1.82) is 0 Å². The van der Waals surface area contributed by atoms with Gasteiger partial charge in [-0.15, -0.1) is 4.83 Å². The molecule has 0 spiro atoms. The third kappa shape index (κ3) is 8.45. The van der Waals surface area contributed by atoms with Crippen LogP contribution in [0.5, 0.6) is 5.75 Å². The summed E-state index contributed by atoms with van der Waals surface area (Å²) in [5.41, 5.74) is -4.53. The number of hydrazine groups is 1. The van der Waals surface area contributed by atoms with E-state index >= 15 is 0 Å². The highest BCUT2D eigenvalue weighted by Gasteiger charge is 2.57. The average molecular weight is 776 g/mol. The fraction of sp³-hybridized carbons (Fsp3) is 0.379. The predicted molar refractivity (Wildman–Crippen MR) is 176 cm³/mol. The lowest BCUT2D eigenvalue weighted by molar-refractivity contribution is -0.152. The van der Waals surface area contributed by atoms with Crippen molar-refractivity contribution in [2.75, 3.05) is 18.3 Å². The second-order valence-corrected chi connectivity index (χ2v) is 15.9. The summed E-state index contributed by atoms with van der Waals surface area (Å²) >= 11 is 5.97. The summed E-state index contributed by atoms with van der Waals surface area (Å²) in [6.07, 6.45) is -2.14. The summed E-state index contributed by atoms with van der Waals surface area (Å²) in [6, 6.07) is 8.61. The second kappa shape index (κ2) is 14.3. The summed E-state index contributed by atoms with van der Waals surface area (Å²) in [5, 5.41) is 26.5. The van der Waals surface area contributed by atoms with Gasteiger partial charge in [-0.05, 0) is 57.2 Å². The summed E-state index contributed by atoms with van der Waals surface area (Å²) < 4.78 is 89.9. The van der Waals surface area contributed by atoms with Gasteiger partial charge in [-0.3, -0.25) is 18.9 Å². The second-order valence-electron chi connectivity index (χ2n) is 12.1. The smallest absolute Gasteiger partial charge is 0.459 e. The molecule has 0 saturated carbocycles. The van der Waals surface area contributed by atoms with Gasteiger partial charge in [-0.1, -0.05) is 17.7 Å². The van der Waals surface area contributed by atoms with Gasteiger partial charge in [0.05, 0.1) is 18.1 Å². The molecule has 4 N–H and O–H groups in total. The molecule has 1 saturated heterocycles. The molecule has 1 aliphatic rings. The lowest BCUT2D eigenvalue weighted by Crippen LogP contribution is -2.48. The van der Waals surface area contributed by atoms with E-state index in [0.717, 1.165) is 35.8 Å². The first-order valence-corrected chi connectivity index (χ1v) is 18.6. The minimum absolute atomic E-state index is 0.0343. The van der Waals surface area contributed by atoms with E-state index in [0.29, 0.717) is 5.02 Å². The SMILES string of the molecule is CN(NS(C)(=O)=O)c1ncnc2c1ncn2[C@@H]1OC(OP(=O)(NC(C)(C)C(=O)OCc2c(F)cccc2F)Oc2ccc(Cl)cc2)C(O)[C@@]1(C)O. The van der Waals surface area contributed by atoms with Gasteiger partial charge in [-0.25, -0.2) is 36.7 Å². The molecule has 2 aromatic carbocycles. The molecule has 0 amide bonds. The van der Waals surface area contributed by atoms with Gasteiger partial charge in [0.1, 0.15) is 47.6 Å². The van der Waals surface area contributed by atoms with E-state index in [2.05, 4.69) is 24.9 Å². The Morgan fingerprint density at radius 2 is 1.82 bits per heavy atom. The fourth-order valence-corrected chi connectivity index (χ4v) is 7.42. The van der Waals surface area contributed by atoms with E-state index in [-0.39, 0.29) is 22.7 Å². The number of carbonyl (C=O) groups excluding carboxylic acids is 1. The average Bonchev–Trinajstić information content (AvgIpc) is 3.54. The molecule has 2 aromatic heterocycles. The molecule has 276 valence electrons. The first-order valence-electron chi connectivity index (χ1n) is 14.8. The molecule has 0 bridgehead atoms. The van der Waals surface area contributed by atoms with Gasteiger partial charge in [-0.2, -0.15) is 5.09 Å². The number of aromatic nitrogens is 4. The summed E-state index contributed by atoms with van der Waals surface area (Å²) in [6.45, 7) is 2.84. The molecular formula is C29H33ClF2N7O10PS. The van der Waals surface area contributed by atoms with Gasteiger partial charge in [0.2, 0.25) is 16.3 Å². The lowest BCUT2D eigenvalue weighted by Gasteiger charge is -2.31. The number of carbonyl (C=O) groups is 1. The Morgan fingerprint density at radius 3 is 2.45 bits per heavy atom. The number of fused-ring (bicyclic) bond motifs is 1. The summed E-state index contributed by atoms with van der Waals surface area (Å²) in [7, 11) is -7.17. The quantitative estimate of drug-likeness (QED) is 0.0873. The van der Waals surface area contributed by atoms with Crippen LogP contribution in [0.4, 0.5) is 14.6 Å². The van der Waals surface area contributed by atoms with Gasteiger partial charge in [0, 0.05) is 12.1 Å². The standard InChI is InChI=1S/C29H33ClF2N7O10PS/c1-28(2,27(41)46-13-18-19(31)7-6-8-20(18)32)36-50(43,48-17-11-9-16(30)10-12-17)49-25-22(40)29(3,42)26(47-25)39-15-35-21-23(33-14-34-24(21)39)38(4)37-51(5,44)45/h6-12,14-15,22,25-26,37,40,42H,13H2,1-5H3,(H,36,43)/t22?,25?,26-,29-,50?/m1/s1. The van der Waals surface area contributed by atoms with E-state index in [1.807, 2.05) is 0 Å². The van der Waals surface area contributed by atoms with Gasteiger partial charge in [0.15, 0.2) is 23.2 Å². The van der Waals surface area contributed by atoms with E-state index in [1.165, 1.54) is 63.0 Å². The number of hydrogen-bond donors (Lipinski definition) is 4. The van der Waals surface area contributed by atoms with Crippen LogP contribution in [0.15, 0.2) is 55.1 Å². The monoisotopic (exact) mass is 775 g/mol.